The molecule has 0 spiro atoms. The maximum absolute atomic E-state index is 11.6. The Morgan fingerprint density at radius 3 is 2.14 bits per heavy atom. The van der Waals surface area contributed by atoms with Crippen LogP contribution in [0.1, 0.15) is 19.8 Å². The number of anilines is 2. The third-order valence-corrected chi connectivity index (χ3v) is 2.70. The molecular weight excluding hydrogens is 270 g/mol. The second-order valence-electron chi connectivity index (χ2n) is 4.59. The van der Waals surface area contributed by atoms with E-state index in [0.717, 1.165) is 12.1 Å². The average Bonchev–Trinajstić information content (AvgIpc) is 2.46. The van der Waals surface area contributed by atoms with Crippen molar-refractivity contribution < 1.29 is 14.3 Å². The lowest BCUT2D eigenvalue weighted by molar-refractivity contribution is -0.116. The molecule has 1 aromatic rings. The second-order valence-corrected chi connectivity index (χ2v) is 4.59. The van der Waals surface area contributed by atoms with Crippen LogP contribution in [0.4, 0.5) is 11.4 Å². The first-order valence-corrected chi connectivity index (χ1v) is 7.05. The summed E-state index contributed by atoms with van der Waals surface area (Å²) in [5, 5.41) is 8.53. The summed E-state index contributed by atoms with van der Waals surface area (Å²) in [5.74, 6) is -0.120. The number of hydrogen-bond donors (Lipinski definition) is 3. The van der Waals surface area contributed by atoms with Crippen molar-refractivity contribution in [2.24, 2.45) is 0 Å². The monoisotopic (exact) mass is 293 g/mol. The van der Waals surface area contributed by atoms with Gasteiger partial charge in [-0.25, -0.2) is 0 Å². The normalized spacial score (nSPS) is 10.2. The molecule has 0 atom stereocenters. The highest BCUT2D eigenvalue weighted by atomic mass is 16.5. The fourth-order valence-corrected chi connectivity index (χ4v) is 1.67. The third-order valence-electron chi connectivity index (χ3n) is 2.70. The minimum Gasteiger partial charge on any atom is -0.383 e. The first kappa shape index (κ1) is 17.1. The fourth-order valence-electron chi connectivity index (χ4n) is 1.67. The Hall–Kier alpha value is -1.92. The van der Waals surface area contributed by atoms with Gasteiger partial charge >= 0.3 is 0 Å². The molecule has 1 aromatic carbocycles. The molecule has 0 saturated heterocycles. The number of carbonyl (C=O) groups excluding carboxylic acids is 2. The van der Waals surface area contributed by atoms with Crippen molar-refractivity contribution in [1.82, 2.24) is 5.32 Å². The summed E-state index contributed by atoms with van der Waals surface area (Å²) in [5.41, 5.74) is 1.42. The quantitative estimate of drug-likeness (QED) is 0.604. The van der Waals surface area contributed by atoms with Crippen LogP contribution in [0.2, 0.25) is 0 Å². The SMILES string of the molecule is CCCC(=O)Nc1ccc(NC(=O)CNCCOC)cc1. The van der Waals surface area contributed by atoms with Crippen LogP contribution in [0.5, 0.6) is 0 Å². The maximum Gasteiger partial charge on any atom is 0.238 e. The standard InChI is InChI=1S/C15H23N3O3/c1-3-4-14(19)17-12-5-7-13(8-6-12)18-15(20)11-16-9-10-21-2/h5-8,16H,3-4,9-11H2,1-2H3,(H,17,19)(H,18,20). The largest absolute Gasteiger partial charge is 0.383 e. The number of hydrogen-bond acceptors (Lipinski definition) is 4. The Balaban J connectivity index is 2.36. The van der Waals surface area contributed by atoms with E-state index in [0.29, 0.717) is 25.3 Å². The Kier molecular flexibility index (Phi) is 8.08. The summed E-state index contributed by atoms with van der Waals surface area (Å²) in [6.07, 6.45) is 1.32. The van der Waals surface area contributed by atoms with E-state index in [-0.39, 0.29) is 18.4 Å². The number of rotatable bonds is 9. The molecule has 116 valence electrons. The zero-order valence-electron chi connectivity index (χ0n) is 12.6. The molecule has 6 nitrogen and oxygen atoms in total. The summed E-state index contributed by atoms with van der Waals surface area (Å²) in [6.45, 7) is 3.39. The molecule has 0 aliphatic carbocycles. The zero-order chi connectivity index (χ0) is 15.5. The number of nitrogens with one attached hydrogen (secondary N) is 3. The summed E-state index contributed by atoms with van der Waals surface area (Å²) in [6, 6.07) is 7.05. The van der Waals surface area contributed by atoms with Gasteiger partial charge in [0.2, 0.25) is 11.8 Å². The predicted octanol–water partition coefficient (Wildman–Crippen LogP) is 1.60. The molecule has 0 aliphatic rings. The Morgan fingerprint density at radius 2 is 1.62 bits per heavy atom. The lowest BCUT2D eigenvalue weighted by atomic mass is 10.2. The van der Waals surface area contributed by atoms with E-state index in [1.54, 1.807) is 31.4 Å². The molecule has 0 aliphatic heterocycles. The van der Waals surface area contributed by atoms with Crippen LogP contribution in [0.25, 0.3) is 0 Å². The van der Waals surface area contributed by atoms with Crippen molar-refractivity contribution in [2.75, 3.05) is 37.4 Å². The third kappa shape index (κ3) is 7.43. The number of methoxy groups -OCH3 is 1. The maximum atomic E-state index is 11.6. The first-order valence-electron chi connectivity index (χ1n) is 7.05. The van der Waals surface area contributed by atoms with Gasteiger partial charge in [-0.1, -0.05) is 6.92 Å². The molecule has 0 unspecified atom stereocenters. The number of amides is 2. The molecule has 6 heteroatoms. The van der Waals surface area contributed by atoms with Crippen molar-refractivity contribution >= 4 is 23.2 Å². The molecule has 3 N–H and O–H groups in total. The van der Waals surface area contributed by atoms with E-state index in [1.165, 1.54) is 0 Å². The Morgan fingerprint density at radius 1 is 1.05 bits per heavy atom. The van der Waals surface area contributed by atoms with Crippen molar-refractivity contribution in [1.29, 1.82) is 0 Å². The zero-order valence-corrected chi connectivity index (χ0v) is 12.6. The van der Waals surface area contributed by atoms with Crippen molar-refractivity contribution in [2.45, 2.75) is 19.8 Å². The minimum atomic E-state index is -0.117. The van der Waals surface area contributed by atoms with E-state index in [9.17, 15) is 9.59 Å². The van der Waals surface area contributed by atoms with E-state index in [2.05, 4.69) is 16.0 Å². The molecule has 0 bridgehead atoms. The van der Waals surface area contributed by atoms with Gasteiger partial charge < -0.3 is 20.7 Å². The molecule has 0 radical (unpaired) electrons. The van der Waals surface area contributed by atoms with Gasteiger partial charge in [0, 0.05) is 31.5 Å². The summed E-state index contributed by atoms with van der Waals surface area (Å²) >= 11 is 0. The van der Waals surface area contributed by atoms with Crippen LogP contribution >= 0.6 is 0 Å². The van der Waals surface area contributed by atoms with E-state index < -0.39 is 0 Å². The fraction of sp³-hybridized carbons (Fsp3) is 0.467. The van der Waals surface area contributed by atoms with Crippen LogP contribution in [0.15, 0.2) is 24.3 Å². The van der Waals surface area contributed by atoms with Crippen molar-refractivity contribution in [3.05, 3.63) is 24.3 Å². The molecule has 21 heavy (non-hydrogen) atoms. The Labute approximate surface area is 125 Å². The van der Waals surface area contributed by atoms with E-state index in [1.807, 2.05) is 6.92 Å². The van der Waals surface area contributed by atoms with Gasteiger partial charge in [0.15, 0.2) is 0 Å². The van der Waals surface area contributed by atoms with Crippen LogP contribution in [0, 0.1) is 0 Å². The van der Waals surface area contributed by atoms with Crippen LogP contribution in [-0.2, 0) is 14.3 Å². The average molecular weight is 293 g/mol. The number of benzene rings is 1. The lowest BCUT2D eigenvalue weighted by Gasteiger charge is -2.08. The number of ether oxygens (including phenoxy) is 1. The smallest absolute Gasteiger partial charge is 0.238 e. The van der Waals surface area contributed by atoms with Gasteiger partial charge in [0.25, 0.3) is 0 Å². The molecule has 0 heterocycles. The van der Waals surface area contributed by atoms with Crippen LogP contribution < -0.4 is 16.0 Å². The molecule has 0 aromatic heterocycles. The van der Waals surface area contributed by atoms with Crippen LogP contribution in [-0.4, -0.2) is 38.6 Å². The Bertz CT molecular complexity index is 446. The number of carbonyl (C=O) groups is 2. The van der Waals surface area contributed by atoms with Gasteiger partial charge in [-0.2, -0.15) is 0 Å². The van der Waals surface area contributed by atoms with Crippen LogP contribution in [0.3, 0.4) is 0 Å². The molecular formula is C15H23N3O3. The van der Waals surface area contributed by atoms with Gasteiger partial charge in [-0.15, -0.1) is 0 Å². The highest BCUT2D eigenvalue weighted by Gasteiger charge is 2.03. The topological polar surface area (TPSA) is 79.5 Å². The predicted molar refractivity (Wildman–Crippen MR) is 83.4 cm³/mol. The minimum absolute atomic E-state index is 0.00312. The second kappa shape index (κ2) is 9.90. The van der Waals surface area contributed by atoms with E-state index >= 15 is 0 Å². The van der Waals surface area contributed by atoms with Gasteiger partial charge in [-0.3, -0.25) is 9.59 Å². The summed E-state index contributed by atoms with van der Waals surface area (Å²) < 4.78 is 4.88. The van der Waals surface area contributed by atoms with E-state index in [4.69, 9.17) is 4.74 Å². The first-order chi connectivity index (χ1) is 10.2. The lowest BCUT2D eigenvalue weighted by Crippen LogP contribution is -2.30. The van der Waals surface area contributed by atoms with Gasteiger partial charge in [0.1, 0.15) is 0 Å². The summed E-state index contributed by atoms with van der Waals surface area (Å²) in [4.78, 5) is 23.1. The van der Waals surface area contributed by atoms with Crippen molar-refractivity contribution in [3.63, 3.8) is 0 Å². The highest BCUT2D eigenvalue weighted by molar-refractivity contribution is 5.93. The summed E-state index contributed by atoms with van der Waals surface area (Å²) in [7, 11) is 1.61. The molecule has 0 fully saturated rings. The molecule has 2 amide bonds. The van der Waals surface area contributed by atoms with Gasteiger partial charge in [-0.05, 0) is 30.7 Å². The molecule has 1 rings (SSSR count). The molecule has 0 saturated carbocycles. The highest BCUT2D eigenvalue weighted by Crippen LogP contribution is 2.13. The van der Waals surface area contributed by atoms with Gasteiger partial charge in [0.05, 0.1) is 13.2 Å². The van der Waals surface area contributed by atoms with Crippen molar-refractivity contribution in [3.8, 4) is 0 Å².